The van der Waals surface area contributed by atoms with Crippen LogP contribution in [0.25, 0.3) is 0 Å². The zero-order valence-electron chi connectivity index (χ0n) is 16.0. The molecule has 1 aliphatic heterocycles. The van der Waals surface area contributed by atoms with Crippen LogP contribution in [0.2, 0.25) is 0 Å². The van der Waals surface area contributed by atoms with E-state index in [9.17, 15) is 30.8 Å². The smallest absolute Gasteiger partial charge is 0.419 e. The van der Waals surface area contributed by atoms with Gasteiger partial charge in [0.05, 0.1) is 23.7 Å². The Hall–Kier alpha value is -2.70. The highest BCUT2D eigenvalue weighted by Crippen LogP contribution is 2.33. The Labute approximate surface area is 175 Å². The lowest BCUT2D eigenvalue weighted by atomic mass is 10.2. The Morgan fingerprint density at radius 2 is 1.74 bits per heavy atom. The van der Waals surface area contributed by atoms with Gasteiger partial charge in [0.1, 0.15) is 11.6 Å². The number of sulfonamides is 1. The average molecular weight is 462 g/mol. The third kappa shape index (κ3) is 5.71. The summed E-state index contributed by atoms with van der Waals surface area (Å²) in [5.41, 5.74) is -1.74. The Kier molecular flexibility index (Phi) is 6.82. The first-order valence-corrected chi connectivity index (χ1v) is 10.5. The molecule has 2 aromatic carbocycles. The summed E-state index contributed by atoms with van der Waals surface area (Å²) in [6.07, 6.45) is -4.90. The highest BCUT2D eigenvalue weighted by Gasteiger charge is 2.34. The number of morpholine rings is 1. The fourth-order valence-corrected chi connectivity index (χ4v) is 4.22. The van der Waals surface area contributed by atoms with Crippen molar-refractivity contribution in [2.75, 3.05) is 38.2 Å². The number of carbonyl (C=O) groups is 1. The van der Waals surface area contributed by atoms with E-state index in [1.807, 2.05) is 0 Å². The van der Waals surface area contributed by atoms with Gasteiger partial charge >= 0.3 is 6.18 Å². The average Bonchev–Trinajstić information content (AvgIpc) is 2.74. The number of benzene rings is 2. The monoisotopic (exact) mass is 462 g/mol. The van der Waals surface area contributed by atoms with E-state index in [0.29, 0.717) is 25.3 Å². The molecule has 0 aromatic heterocycles. The molecular weight excluding hydrogens is 444 g/mol. The molecule has 1 saturated heterocycles. The van der Waals surface area contributed by atoms with E-state index in [0.717, 1.165) is 6.07 Å². The van der Waals surface area contributed by atoms with Crippen LogP contribution in [-0.4, -0.2) is 51.5 Å². The van der Waals surface area contributed by atoms with Crippen LogP contribution in [0.4, 0.5) is 23.2 Å². The highest BCUT2D eigenvalue weighted by molar-refractivity contribution is 7.89. The van der Waals surface area contributed by atoms with Crippen LogP contribution in [-0.2, 0) is 25.7 Å². The maximum absolute atomic E-state index is 13.3. The summed E-state index contributed by atoms with van der Waals surface area (Å²) >= 11 is 0. The van der Waals surface area contributed by atoms with Crippen molar-refractivity contribution in [1.82, 2.24) is 4.31 Å². The van der Waals surface area contributed by atoms with Crippen molar-refractivity contribution >= 4 is 21.6 Å². The van der Waals surface area contributed by atoms with Crippen LogP contribution in [0.1, 0.15) is 5.56 Å². The van der Waals surface area contributed by atoms with E-state index in [4.69, 9.17) is 9.47 Å². The molecular formula is C19H18F4N2O5S. The summed E-state index contributed by atoms with van der Waals surface area (Å²) in [5.74, 6) is -2.04. The molecule has 1 fully saturated rings. The Balaban J connectivity index is 1.58. The number of ether oxygens (including phenoxy) is 2. The number of nitrogens with zero attached hydrogens (tertiary/aromatic N) is 1. The van der Waals surface area contributed by atoms with Crippen LogP contribution in [0, 0.1) is 5.82 Å². The van der Waals surface area contributed by atoms with Gasteiger partial charge in [-0.1, -0.05) is 0 Å². The van der Waals surface area contributed by atoms with Gasteiger partial charge in [-0.15, -0.1) is 0 Å². The van der Waals surface area contributed by atoms with Gasteiger partial charge in [-0.25, -0.2) is 12.8 Å². The third-order valence-corrected chi connectivity index (χ3v) is 6.27. The highest BCUT2D eigenvalue weighted by atomic mass is 32.2. The minimum absolute atomic E-state index is 0.0530. The number of hydrogen-bond acceptors (Lipinski definition) is 5. The molecule has 0 spiro atoms. The Morgan fingerprint density at radius 3 is 2.35 bits per heavy atom. The van der Waals surface area contributed by atoms with E-state index in [1.54, 1.807) is 0 Å². The molecule has 1 aliphatic rings. The number of amides is 1. The van der Waals surface area contributed by atoms with E-state index in [1.165, 1.54) is 28.6 Å². The summed E-state index contributed by atoms with van der Waals surface area (Å²) in [5, 5.41) is 2.19. The van der Waals surface area contributed by atoms with E-state index >= 15 is 0 Å². The molecule has 7 nitrogen and oxygen atoms in total. The molecule has 0 bridgehead atoms. The molecule has 1 amide bonds. The Bertz CT molecular complexity index is 1040. The van der Waals surface area contributed by atoms with Gasteiger partial charge in [-0.2, -0.15) is 17.5 Å². The second-order valence-corrected chi connectivity index (χ2v) is 8.46. The molecule has 12 heteroatoms. The second-order valence-electron chi connectivity index (χ2n) is 6.52. The Morgan fingerprint density at radius 1 is 1.10 bits per heavy atom. The summed E-state index contributed by atoms with van der Waals surface area (Å²) < 4.78 is 88.3. The minimum atomic E-state index is -4.90. The number of carbonyl (C=O) groups excluding carboxylic acids is 1. The largest absolute Gasteiger partial charge is 0.484 e. The number of nitrogens with one attached hydrogen (secondary N) is 1. The van der Waals surface area contributed by atoms with Crippen molar-refractivity contribution in [2.24, 2.45) is 0 Å². The zero-order valence-corrected chi connectivity index (χ0v) is 16.8. The number of anilines is 1. The molecule has 1 heterocycles. The van der Waals surface area contributed by atoms with Crippen molar-refractivity contribution in [1.29, 1.82) is 0 Å². The van der Waals surface area contributed by atoms with E-state index in [2.05, 4.69) is 5.32 Å². The minimum Gasteiger partial charge on any atom is -0.484 e. The van der Waals surface area contributed by atoms with Crippen LogP contribution in [0.15, 0.2) is 47.4 Å². The summed E-state index contributed by atoms with van der Waals surface area (Å²) in [6, 6.07) is 7.46. The SMILES string of the molecule is O=C(COc1ccc(S(=O)(=O)N2CCOCC2)cc1)Nc1ccc(F)c(C(F)(F)F)c1. The molecule has 2 aromatic rings. The molecule has 0 aliphatic carbocycles. The van der Waals surface area contributed by atoms with Crippen molar-refractivity contribution in [2.45, 2.75) is 11.1 Å². The third-order valence-electron chi connectivity index (χ3n) is 4.36. The number of rotatable bonds is 6. The normalized spacial score (nSPS) is 15.5. The van der Waals surface area contributed by atoms with Gasteiger partial charge in [0.25, 0.3) is 5.91 Å². The van der Waals surface area contributed by atoms with Crippen molar-refractivity contribution < 1.29 is 40.2 Å². The predicted molar refractivity (Wildman–Crippen MR) is 102 cm³/mol. The fraction of sp³-hybridized carbons (Fsp3) is 0.316. The lowest BCUT2D eigenvalue weighted by Gasteiger charge is -2.26. The standard InChI is InChI=1S/C19H18F4N2O5S/c20-17-6-1-13(11-16(17)19(21,22)23)24-18(26)12-30-14-2-4-15(5-3-14)31(27,28)25-7-9-29-10-8-25/h1-6,11H,7-10,12H2,(H,24,26). The van der Waals surface area contributed by atoms with Crippen molar-refractivity contribution in [3.05, 3.63) is 53.8 Å². The van der Waals surface area contributed by atoms with Gasteiger partial charge in [0, 0.05) is 18.8 Å². The maximum atomic E-state index is 13.3. The van der Waals surface area contributed by atoms with E-state index < -0.39 is 40.1 Å². The molecule has 0 unspecified atom stereocenters. The molecule has 168 valence electrons. The lowest BCUT2D eigenvalue weighted by Crippen LogP contribution is -2.40. The van der Waals surface area contributed by atoms with Gasteiger partial charge in [0.2, 0.25) is 10.0 Å². The summed E-state index contributed by atoms with van der Waals surface area (Å²) in [7, 11) is -3.67. The quantitative estimate of drug-likeness (QED) is 0.668. The summed E-state index contributed by atoms with van der Waals surface area (Å²) in [4.78, 5) is 12.0. The van der Waals surface area contributed by atoms with Crippen LogP contribution >= 0.6 is 0 Å². The predicted octanol–water partition coefficient (Wildman–Crippen LogP) is 2.88. The first-order chi connectivity index (χ1) is 14.6. The zero-order chi connectivity index (χ0) is 22.6. The topological polar surface area (TPSA) is 84.9 Å². The molecule has 0 saturated carbocycles. The molecule has 3 rings (SSSR count). The first-order valence-electron chi connectivity index (χ1n) is 9.05. The van der Waals surface area contributed by atoms with E-state index in [-0.39, 0.29) is 29.4 Å². The van der Waals surface area contributed by atoms with Crippen molar-refractivity contribution in [3.63, 3.8) is 0 Å². The van der Waals surface area contributed by atoms with Gasteiger partial charge in [-0.3, -0.25) is 4.79 Å². The lowest BCUT2D eigenvalue weighted by molar-refractivity contribution is -0.140. The maximum Gasteiger partial charge on any atom is 0.419 e. The van der Waals surface area contributed by atoms with Crippen molar-refractivity contribution in [3.8, 4) is 5.75 Å². The second kappa shape index (κ2) is 9.20. The first kappa shape index (κ1) is 23.0. The molecule has 1 N–H and O–H groups in total. The van der Waals surface area contributed by atoms with Crippen LogP contribution < -0.4 is 10.1 Å². The number of hydrogen-bond donors (Lipinski definition) is 1. The van der Waals surface area contributed by atoms with Gasteiger partial charge in [0.15, 0.2) is 6.61 Å². The summed E-state index contributed by atoms with van der Waals surface area (Å²) in [6.45, 7) is 0.580. The molecule has 31 heavy (non-hydrogen) atoms. The van der Waals surface area contributed by atoms with Crippen LogP contribution in [0.3, 0.4) is 0 Å². The van der Waals surface area contributed by atoms with Gasteiger partial charge < -0.3 is 14.8 Å². The molecule has 0 atom stereocenters. The van der Waals surface area contributed by atoms with Crippen LogP contribution in [0.5, 0.6) is 5.75 Å². The fourth-order valence-electron chi connectivity index (χ4n) is 2.81. The molecule has 0 radical (unpaired) electrons. The number of alkyl halides is 3. The van der Waals surface area contributed by atoms with Gasteiger partial charge in [-0.05, 0) is 42.5 Å². The number of halogens is 4.